The topological polar surface area (TPSA) is 98.3 Å². The Labute approximate surface area is 127 Å². The average Bonchev–Trinajstić information content (AvgIpc) is 2.84. The van der Waals surface area contributed by atoms with E-state index in [-0.39, 0.29) is 27.9 Å². The van der Waals surface area contributed by atoms with E-state index in [0.29, 0.717) is 18.4 Å². The minimum Gasteiger partial charge on any atom is -0.392 e. The maximum absolute atomic E-state index is 12.1. The number of hydrogen-bond donors (Lipinski definition) is 2. The number of benzene rings is 1. The molecule has 6 nitrogen and oxygen atoms in total. The lowest BCUT2D eigenvalue weighted by molar-refractivity contribution is -0.383. The Morgan fingerprint density at radius 3 is 2.81 bits per heavy atom. The van der Waals surface area contributed by atoms with E-state index in [1.165, 1.54) is 18.9 Å². The van der Waals surface area contributed by atoms with Gasteiger partial charge in [0.05, 0.1) is 9.95 Å². The highest BCUT2D eigenvalue weighted by Crippen LogP contribution is 2.32. The zero-order valence-electron chi connectivity index (χ0n) is 11.8. The summed E-state index contributed by atoms with van der Waals surface area (Å²) in [6, 6.07) is 2.52. The lowest BCUT2D eigenvalue weighted by Gasteiger charge is -2.16. The number of nitrogen functional groups attached to an aromatic ring is 1. The molecule has 1 amide bonds. The zero-order chi connectivity index (χ0) is 15.6. The molecule has 0 heterocycles. The number of halogens is 1. The van der Waals surface area contributed by atoms with Crippen LogP contribution in [0, 0.1) is 22.0 Å². The number of amides is 1. The fourth-order valence-electron chi connectivity index (χ4n) is 2.74. The van der Waals surface area contributed by atoms with Crippen molar-refractivity contribution in [2.24, 2.45) is 11.8 Å². The summed E-state index contributed by atoms with van der Waals surface area (Å²) in [4.78, 5) is 22.4. The van der Waals surface area contributed by atoms with Crippen LogP contribution in [0.2, 0.25) is 5.02 Å². The Morgan fingerprint density at radius 2 is 2.24 bits per heavy atom. The van der Waals surface area contributed by atoms with Crippen LogP contribution in [0.3, 0.4) is 0 Å². The number of anilines is 1. The number of carbonyl (C=O) groups is 1. The molecule has 2 unspecified atom stereocenters. The molecule has 0 spiro atoms. The lowest BCUT2D eigenvalue weighted by atomic mass is 9.98. The predicted molar refractivity (Wildman–Crippen MR) is 81.4 cm³/mol. The molecule has 0 aliphatic heterocycles. The first-order chi connectivity index (χ1) is 9.90. The second-order valence-corrected chi connectivity index (χ2v) is 5.93. The maximum Gasteiger partial charge on any atom is 0.294 e. The van der Waals surface area contributed by atoms with Crippen LogP contribution in [0.5, 0.6) is 0 Å². The molecule has 0 saturated heterocycles. The minimum absolute atomic E-state index is 0.0172. The summed E-state index contributed by atoms with van der Waals surface area (Å²) in [5.41, 5.74) is 5.23. The van der Waals surface area contributed by atoms with Crippen LogP contribution >= 0.6 is 11.6 Å². The molecule has 2 atom stereocenters. The highest BCUT2D eigenvalue weighted by atomic mass is 35.5. The predicted octanol–water partition coefficient (Wildman–Crippen LogP) is 3.00. The molecule has 3 N–H and O–H groups in total. The molecule has 1 aliphatic rings. The summed E-state index contributed by atoms with van der Waals surface area (Å²) in [7, 11) is 0. The van der Waals surface area contributed by atoms with Gasteiger partial charge in [0.15, 0.2) is 0 Å². The standard InChI is InChI=1S/C14H18ClN3O3/c1-8-3-2-4-9(8)7-17-14(19)10-5-11(15)13(16)12(6-10)18(20)21/h5-6,8-9H,2-4,7,16H2,1H3,(H,17,19). The number of carbonyl (C=O) groups excluding carboxylic acids is 1. The molecule has 0 bridgehead atoms. The van der Waals surface area contributed by atoms with Crippen molar-refractivity contribution in [3.63, 3.8) is 0 Å². The van der Waals surface area contributed by atoms with Gasteiger partial charge in [0.1, 0.15) is 5.69 Å². The van der Waals surface area contributed by atoms with E-state index in [1.807, 2.05) is 0 Å². The summed E-state index contributed by atoms with van der Waals surface area (Å²) in [6.45, 7) is 2.75. The molecular formula is C14H18ClN3O3. The third kappa shape index (κ3) is 3.44. The Bertz CT molecular complexity index is 577. The van der Waals surface area contributed by atoms with E-state index in [9.17, 15) is 14.9 Å². The van der Waals surface area contributed by atoms with E-state index in [2.05, 4.69) is 12.2 Å². The van der Waals surface area contributed by atoms with Crippen molar-refractivity contribution in [1.82, 2.24) is 5.32 Å². The second kappa shape index (κ2) is 6.30. The molecule has 0 radical (unpaired) electrons. The van der Waals surface area contributed by atoms with Gasteiger partial charge in [-0.1, -0.05) is 31.4 Å². The first-order valence-corrected chi connectivity index (χ1v) is 7.29. The average molecular weight is 312 g/mol. The van der Waals surface area contributed by atoms with Crippen molar-refractivity contribution in [2.75, 3.05) is 12.3 Å². The third-order valence-electron chi connectivity index (χ3n) is 4.13. The summed E-state index contributed by atoms with van der Waals surface area (Å²) in [5.74, 6) is 0.696. The number of nitrogens with two attached hydrogens (primary N) is 1. The summed E-state index contributed by atoms with van der Waals surface area (Å²) in [5, 5.41) is 13.7. The van der Waals surface area contributed by atoms with Gasteiger partial charge in [0.2, 0.25) is 0 Å². The number of nitrogens with zero attached hydrogens (tertiary/aromatic N) is 1. The van der Waals surface area contributed by atoms with Crippen molar-refractivity contribution in [2.45, 2.75) is 26.2 Å². The van der Waals surface area contributed by atoms with Gasteiger partial charge >= 0.3 is 0 Å². The maximum atomic E-state index is 12.1. The quantitative estimate of drug-likeness (QED) is 0.507. The SMILES string of the molecule is CC1CCCC1CNC(=O)c1cc(Cl)c(N)c([N+](=O)[O-])c1. The normalized spacial score (nSPS) is 21.2. The summed E-state index contributed by atoms with van der Waals surface area (Å²) < 4.78 is 0. The van der Waals surface area contributed by atoms with E-state index >= 15 is 0 Å². The fraction of sp³-hybridized carbons (Fsp3) is 0.500. The van der Waals surface area contributed by atoms with Crippen LogP contribution in [-0.2, 0) is 0 Å². The smallest absolute Gasteiger partial charge is 0.294 e. The van der Waals surface area contributed by atoms with Crippen LogP contribution in [-0.4, -0.2) is 17.4 Å². The molecule has 114 valence electrons. The first kappa shape index (κ1) is 15.6. The zero-order valence-corrected chi connectivity index (χ0v) is 12.5. The Balaban J connectivity index is 2.10. The first-order valence-electron chi connectivity index (χ1n) is 6.91. The number of rotatable bonds is 4. The Kier molecular flexibility index (Phi) is 4.67. The van der Waals surface area contributed by atoms with Gasteiger partial charge in [-0.05, 0) is 24.3 Å². The highest BCUT2D eigenvalue weighted by molar-refractivity contribution is 6.34. The molecule has 7 heteroatoms. The summed E-state index contributed by atoms with van der Waals surface area (Å²) >= 11 is 5.85. The van der Waals surface area contributed by atoms with Gasteiger partial charge in [-0.2, -0.15) is 0 Å². The van der Waals surface area contributed by atoms with Gasteiger partial charge in [0, 0.05) is 18.2 Å². The Hall–Kier alpha value is -1.82. The molecule has 21 heavy (non-hydrogen) atoms. The van der Waals surface area contributed by atoms with Crippen molar-refractivity contribution in [3.8, 4) is 0 Å². The third-order valence-corrected chi connectivity index (χ3v) is 4.44. The monoisotopic (exact) mass is 311 g/mol. The molecule has 1 aromatic rings. The van der Waals surface area contributed by atoms with Crippen LogP contribution in [0.4, 0.5) is 11.4 Å². The molecule has 1 saturated carbocycles. The number of nitrogens with one attached hydrogen (secondary N) is 1. The summed E-state index contributed by atoms with van der Waals surface area (Å²) in [6.07, 6.45) is 3.46. The fourth-order valence-corrected chi connectivity index (χ4v) is 2.95. The highest BCUT2D eigenvalue weighted by Gasteiger charge is 2.24. The van der Waals surface area contributed by atoms with Crippen LogP contribution < -0.4 is 11.1 Å². The molecule has 1 fully saturated rings. The molecule has 1 aromatic carbocycles. The Morgan fingerprint density at radius 1 is 1.52 bits per heavy atom. The van der Waals surface area contributed by atoms with E-state index in [4.69, 9.17) is 17.3 Å². The molecule has 0 aromatic heterocycles. The largest absolute Gasteiger partial charge is 0.392 e. The van der Waals surface area contributed by atoms with Crippen LogP contribution in [0.15, 0.2) is 12.1 Å². The van der Waals surface area contributed by atoms with Crippen molar-refractivity contribution in [1.29, 1.82) is 0 Å². The van der Waals surface area contributed by atoms with Gasteiger partial charge < -0.3 is 11.1 Å². The van der Waals surface area contributed by atoms with Gasteiger partial charge in [0.25, 0.3) is 11.6 Å². The van der Waals surface area contributed by atoms with Gasteiger partial charge in [-0.15, -0.1) is 0 Å². The van der Waals surface area contributed by atoms with E-state index < -0.39 is 4.92 Å². The van der Waals surface area contributed by atoms with Crippen molar-refractivity contribution in [3.05, 3.63) is 32.8 Å². The van der Waals surface area contributed by atoms with E-state index in [0.717, 1.165) is 12.5 Å². The molecule has 2 rings (SSSR count). The molecular weight excluding hydrogens is 294 g/mol. The van der Waals surface area contributed by atoms with Crippen LogP contribution in [0.1, 0.15) is 36.5 Å². The number of nitro groups is 1. The van der Waals surface area contributed by atoms with Gasteiger partial charge in [-0.3, -0.25) is 14.9 Å². The number of nitro benzene ring substituents is 1. The van der Waals surface area contributed by atoms with Crippen molar-refractivity contribution < 1.29 is 9.72 Å². The molecule has 1 aliphatic carbocycles. The van der Waals surface area contributed by atoms with Crippen LogP contribution in [0.25, 0.3) is 0 Å². The van der Waals surface area contributed by atoms with Gasteiger partial charge in [-0.25, -0.2) is 0 Å². The second-order valence-electron chi connectivity index (χ2n) is 5.53. The minimum atomic E-state index is -0.642. The van der Waals surface area contributed by atoms with E-state index in [1.54, 1.807) is 0 Å². The number of hydrogen-bond acceptors (Lipinski definition) is 4. The lowest BCUT2D eigenvalue weighted by Crippen LogP contribution is -2.30. The van der Waals surface area contributed by atoms with Crippen molar-refractivity contribution >= 4 is 28.9 Å².